The van der Waals surface area contributed by atoms with Crippen molar-refractivity contribution in [1.29, 1.82) is 0 Å². The largest absolute Gasteiger partial charge is 0.316 e. The zero-order valence-electron chi connectivity index (χ0n) is 10.3. The van der Waals surface area contributed by atoms with E-state index in [4.69, 9.17) is 5.10 Å². The summed E-state index contributed by atoms with van der Waals surface area (Å²) in [6.45, 7) is 6.73. The van der Waals surface area contributed by atoms with E-state index >= 15 is 0 Å². The SMILES string of the molecule is Cc1nn(C2CCC2)c(C)c1C1CCNC1. The monoisotopic (exact) mass is 219 g/mol. The van der Waals surface area contributed by atoms with Crippen LogP contribution in [0.25, 0.3) is 0 Å². The Bertz CT molecular complexity index is 384. The number of aromatic nitrogens is 2. The minimum Gasteiger partial charge on any atom is -0.316 e. The predicted molar refractivity (Wildman–Crippen MR) is 64.8 cm³/mol. The molecule has 88 valence electrons. The molecule has 1 aromatic heterocycles. The minimum absolute atomic E-state index is 0.696. The number of nitrogens with zero attached hydrogens (tertiary/aromatic N) is 2. The molecule has 0 radical (unpaired) electrons. The summed E-state index contributed by atoms with van der Waals surface area (Å²) in [5.74, 6) is 0.703. The van der Waals surface area contributed by atoms with Crippen molar-refractivity contribution in [2.75, 3.05) is 13.1 Å². The van der Waals surface area contributed by atoms with Crippen molar-refractivity contribution in [1.82, 2.24) is 15.1 Å². The summed E-state index contributed by atoms with van der Waals surface area (Å²) >= 11 is 0. The Morgan fingerprint density at radius 3 is 2.62 bits per heavy atom. The Morgan fingerprint density at radius 1 is 1.25 bits per heavy atom. The van der Waals surface area contributed by atoms with Crippen LogP contribution in [-0.4, -0.2) is 22.9 Å². The molecule has 2 fully saturated rings. The van der Waals surface area contributed by atoms with Crippen LogP contribution in [0.1, 0.15) is 54.6 Å². The van der Waals surface area contributed by atoms with Crippen molar-refractivity contribution in [3.63, 3.8) is 0 Å². The summed E-state index contributed by atoms with van der Waals surface area (Å²) in [5.41, 5.74) is 4.21. The van der Waals surface area contributed by atoms with Crippen LogP contribution < -0.4 is 5.32 Å². The molecule has 0 spiro atoms. The number of hydrogen-bond acceptors (Lipinski definition) is 2. The van der Waals surface area contributed by atoms with Gasteiger partial charge in [0.25, 0.3) is 0 Å². The summed E-state index contributed by atoms with van der Waals surface area (Å²) < 4.78 is 2.30. The Balaban J connectivity index is 1.94. The van der Waals surface area contributed by atoms with Gasteiger partial charge in [-0.1, -0.05) is 0 Å². The van der Waals surface area contributed by atoms with Crippen LogP contribution in [0.3, 0.4) is 0 Å². The Hall–Kier alpha value is -0.830. The highest BCUT2D eigenvalue weighted by Crippen LogP contribution is 2.36. The molecule has 3 heteroatoms. The van der Waals surface area contributed by atoms with Gasteiger partial charge in [0.1, 0.15) is 0 Å². The lowest BCUT2D eigenvalue weighted by Crippen LogP contribution is -2.19. The first-order chi connectivity index (χ1) is 7.77. The highest BCUT2D eigenvalue weighted by atomic mass is 15.3. The molecule has 0 bridgehead atoms. The molecule has 1 aromatic rings. The molecule has 3 rings (SSSR count). The highest BCUT2D eigenvalue weighted by molar-refractivity contribution is 5.30. The fraction of sp³-hybridized carbons (Fsp3) is 0.769. The van der Waals surface area contributed by atoms with Crippen LogP contribution in [0.15, 0.2) is 0 Å². The molecule has 2 aliphatic rings. The molecule has 16 heavy (non-hydrogen) atoms. The average Bonchev–Trinajstić information content (AvgIpc) is 2.74. The van der Waals surface area contributed by atoms with E-state index in [-0.39, 0.29) is 0 Å². The zero-order chi connectivity index (χ0) is 11.1. The fourth-order valence-corrected chi connectivity index (χ4v) is 3.15. The number of hydrogen-bond donors (Lipinski definition) is 1. The third-order valence-corrected chi connectivity index (χ3v) is 4.27. The molecule has 1 aliphatic carbocycles. The average molecular weight is 219 g/mol. The van der Waals surface area contributed by atoms with Gasteiger partial charge in [0.05, 0.1) is 11.7 Å². The van der Waals surface area contributed by atoms with Crippen LogP contribution in [0, 0.1) is 13.8 Å². The molecule has 1 atom stereocenters. The van der Waals surface area contributed by atoms with Gasteiger partial charge >= 0.3 is 0 Å². The van der Waals surface area contributed by atoms with Gasteiger partial charge in [0.2, 0.25) is 0 Å². The maximum Gasteiger partial charge on any atom is 0.0631 e. The molecule has 1 saturated carbocycles. The Labute approximate surface area is 97.2 Å². The number of rotatable bonds is 2. The lowest BCUT2D eigenvalue weighted by atomic mass is 9.92. The Kier molecular flexibility index (Phi) is 2.51. The smallest absolute Gasteiger partial charge is 0.0631 e. The minimum atomic E-state index is 0.696. The van der Waals surface area contributed by atoms with E-state index in [9.17, 15) is 0 Å². The van der Waals surface area contributed by atoms with E-state index in [2.05, 4.69) is 23.8 Å². The quantitative estimate of drug-likeness (QED) is 0.827. The van der Waals surface area contributed by atoms with Crippen molar-refractivity contribution >= 4 is 0 Å². The first-order valence-corrected chi connectivity index (χ1v) is 6.53. The normalized spacial score (nSPS) is 26.0. The van der Waals surface area contributed by atoms with E-state index in [1.54, 1.807) is 0 Å². The summed E-state index contributed by atoms with van der Waals surface area (Å²) in [6, 6.07) is 0.696. The first kappa shape index (κ1) is 10.3. The van der Waals surface area contributed by atoms with Crippen LogP contribution in [0.2, 0.25) is 0 Å². The van der Waals surface area contributed by atoms with Gasteiger partial charge < -0.3 is 5.32 Å². The molecular formula is C13H21N3. The van der Waals surface area contributed by atoms with Crippen LogP contribution in [-0.2, 0) is 0 Å². The zero-order valence-corrected chi connectivity index (χ0v) is 10.3. The predicted octanol–water partition coefficient (Wildman–Crippen LogP) is 2.30. The van der Waals surface area contributed by atoms with Crippen LogP contribution in [0.5, 0.6) is 0 Å². The summed E-state index contributed by atoms with van der Waals surface area (Å²) in [7, 11) is 0. The number of nitrogens with one attached hydrogen (secondary N) is 1. The van der Waals surface area contributed by atoms with E-state index in [0.717, 1.165) is 13.1 Å². The summed E-state index contributed by atoms with van der Waals surface area (Å²) in [6.07, 6.45) is 5.30. The van der Waals surface area contributed by atoms with Crippen molar-refractivity contribution in [3.8, 4) is 0 Å². The third-order valence-electron chi connectivity index (χ3n) is 4.27. The summed E-state index contributed by atoms with van der Waals surface area (Å²) in [4.78, 5) is 0. The van der Waals surface area contributed by atoms with Crippen molar-refractivity contribution in [2.45, 2.75) is 51.5 Å². The van der Waals surface area contributed by atoms with Gasteiger partial charge in [-0.15, -0.1) is 0 Å². The van der Waals surface area contributed by atoms with Crippen LogP contribution in [0.4, 0.5) is 0 Å². The second-order valence-corrected chi connectivity index (χ2v) is 5.30. The van der Waals surface area contributed by atoms with E-state index in [1.807, 2.05) is 0 Å². The van der Waals surface area contributed by atoms with Gasteiger partial charge in [-0.2, -0.15) is 5.10 Å². The van der Waals surface area contributed by atoms with Gasteiger partial charge in [-0.05, 0) is 46.1 Å². The van der Waals surface area contributed by atoms with Gasteiger partial charge in [-0.25, -0.2) is 0 Å². The first-order valence-electron chi connectivity index (χ1n) is 6.53. The second kappa shape index (κ2) is 3.88. The fourth-order valence-electron chi connectivity index (χ4n) is 3.15. The summed E-state index contributed by atoms with van der Waals surface area (Å²) in [5, 5.41) is 8.22. The molecule has 0 aromatic carbocycles. The lowest BCUT2D eigenvalue weighted by Gasteiger charge is -2.27. The molecule has 0 amide bonds. The van der Waals surface area contributed by atoms with E-state index in [1.165, 1.54) is 42.6 Å². The third kappa shape index (κ3) is 1.49. The van der Waals surface area contributed by atoms with Crippen molar-refractivity contribution in [2.24, 2.45) is 0 Å². The van der Waals surface area contributed by atoms with E-state index in [0.29, 0.717) is 12.0 Å². The molecule has 1 unspecified atom stereocenters. The standard InChI is InChI=1S/C13H21N3/c1-9-13(11-6-7-14-8-11)10(2)16(15-9)12-4-3-5-12/h11-12,14H,3-8H2,1-2H3. The van der Waals surface area contributed by atoms with Crippen LogP contribution >= 0.6 is 0 Å². The molecule has 1 aliphatic heterocycles. The lowest BCUT2D eigenvalue weighted by molar-refractivity contribution is 0.283. The molecule has 1 saturated heterocycles. The number of aryl methyl sites for hydroxylation is 1. The topological polar surface area (TPSA) is 29.9 Å². The highest BCUT2D eigenvalue weighted by Gasteiger charge is 2.28. The molecular weight excluding hydrogens is 198 g/mol. The maximum atomic E-state index is 4.77. The van der Waals surface area contributed by atoms with Crippen molar-refractivity contribution < 1.29 is 0 Å². The van der Waals surface area contributed by atoms with Gasteiger partial charge in [-0.3, -0.25) is 4.68 Å². The molecule has 2 heterocycles. The second-order valence-electron chi connectivity index (χ2n) is 5.30. The van der Waals surface area contributed by atoms with E-state index < -0.39 is 0 Å². The van der Waals surface area contributed by atoms with Gasteiger partial charge in [0.15, 0.2) is 0 Å². The Morgan fingerprint density at radius 2 is 2.06 bits per heavy atom. The maximum absolute atomic E-state index is 4.77. The van der Waals surface area contributed by atoms with Crippen molar-refractivity contribution in [3.05, 3.63) is 17.0 Å². The molecule has 1 N–H and O–H groups in total. The van der Waals surface area contributed by atoms with Gasteiger partial charge in [0, 0.05) is 23.7 Å². The molecule has 3 nitrogen and oxygen atoms in total.